The molecular formula is C16H25NO2. The maximum atomic E-state index is 5.79. The van der Waals surface area contributed by atoms with Gasteiger partial charge >= 0.3 is 0 Å². The van der Waals surface area contributed by atoms with Crippen molar-refractivity contribution in [2.45, 2.75) is 39.2 Å². The molecule has 19 heavy (non-hydrogen) atoms. The van der Waals surface area contributed by atoms with E-state index in [0.717, 1.165) is 43.3 Å². The highest BCUT2D eigenvalue weighted by molar-refractivity contribution is 5.37. The van der Waals surface area contributed by atoms with Gasteiger partial charge in [0.15, 0.2) is 0 Å². The van der Waals surface area contributed by atoms with Crippen LogP contribution in [0.4, 0.5) is 0 Å². The van der Waals surface area contributed by atoms with E-state index in [1.165, 1.54) is 18.4 Å². The number of rotatable bonds is 9. The third-order valence-corrected chi connectivity index (χ3v) is 3.33. The minimum absolute atomic E-state index is 0.647. The van der Waals surface area contributed by atoms with Gasteiger partial charge in [-0.1, -0.05) is 13.0 Å². The van der Waals surface area contributed by atoms with Crippen molar-refractivity contribution in [3.8, 4) is 5.75 Å². The van der Waals surface area contributed by atoms with Gasteiger partial charge in [-0.15, -0.1) is 0 Å². The Kier molecular flexibility index (Phi) is 5.67. The fraction of sp³-hybridized carbons (Fsp3) is 0.625. The zero-order chi connectivity index (χ0) is 13.5. The zero-order valence-corrected chi connectivity index (χ0v) is 11.9. The first-order valence-electron chi connectivity index (χ1n) is 7.36. The van der Waals surface area contributed by atoms with Crippen molar-refractivity contribution >= 4 is 0 Å². The standard InChI is InChI=1S/C16H25NO2/c1-2-9-19-16-6-5-13(7-8-17)10-15(16)12-18-11-14-3-4-14/h5-6,10,14H,2-4,7-9,11-12,17H2,1H3. The molecule has 1 aromatic rings. The number of hydrogen-bond acceptors (Lipinski definition) is 3. The summed E-state index contributed by atoms with van der Waals surface area (Å²) in [6, 6.07) is 6.32. The van der Waals surface area contributed by atoms with Gasteiger partial charge in [0.1, 0.15) is 5.75 Å². The second kappa shape index (κ2) is 7.51. The first-order chi connectivity index (χ1) is 9.33. The van der Waals surface area contributed by atoms with Crippen LogP contribution in [0.3, 0.4) is 0 Å². The van der Waals surface area contributed by atoms with E-state index in [-0.39, 0.29) is 0 Å². The van der Waals surface area contributed by atoms with Crippen LogP contribution in [0.2, 0.25) is 0 Å². The maximum absolute atomic E-state index is 5.79. The lowest BCUT2D eigenvalue weighted by Gasteiger charge is -2.13. The van der Waals surface area contributed by atoms with Crippen molar-refractivity contribution in [2.24, 2.45) is 11.7 Å². The van der Waals surface area contributed by atoms with Gasteiger partial charge in [0.2, 0.25) is 0 Å². The monoisotopic (exact) mass is 263 g/mol. The van der Waals surface area contributed by atoms with Gasteiger partial charge < -0.3 is 15.2 Å². The molecular weight excluding hydrogens is 238 g/mol. The molecule has 0 heterocycles. The van der Waals surface area contributed by atoms with Gasteiger partial charge in [0, 0.05) is 12.2 Å². The highest BCUT2D eigenvalue weighted by atomic mass is 16.5. The largest absolute Gasteiger partial charge is 0.493 e. The lowest BCUT2D eigenvalue weighted by Crippen LogP contribution is -2.06. The van der Waals surface area contributed by atoms with Crippen LogP contribution in [0.1, 0.15) is 37.3 Å². The number of hydrogen-bond donors (Lipinski definition) is 1. The van der Waals surface area contributed by atoms with Crippen molar-refractivity contribution in [2.75, 3.05) is 19.8 Å². The molecule has 1 aromatic carbocycles. The molecule has 0 aliphatic heterocycles. The molecule has 0 bridgehead atoms. The van der Waals surface area contributed by atoms with E-state index < -0.39 is 0 Å². The van der Waals surface area contributed by atoms with Crippen LogP contribution < -0.4 is 10.5 Å². The summed E-state index contributed by atoms with van der Waals surface area (Å²) in [4.78, 5) is 0. The van der Waals surface area contributed by atoms with E-state index in [4.69, 9.17) is 15.2 Å². The van der Waals surface area contributed by atoms with Crippen LogP contribution >= 0.6 is 0 Å². The van der Waals surface area contributed by atoms with E-state index in [0.29, 0.717) is 13.2 Å². The first-order valence-corrected chi connectivity index (χ1v) is 7.36. The molecule has 1 aliphatic rings. The van der Waals surface area contributed by atoms with Crippen LogP contribution in [0.15, 0.2) is 18.2 Å². The van der Waals surface area contributed by atoms with Crippen molar-refractivity contribution < 1.29 is 9.47 Å². The van der Waals surface area contributed by atoms with Gasteiger partial charge in [-0.3, -0.25) is 0 Å². The summed E-state index contributed by atoms with van der Waals surface area (Å²) >= 11 is 0. The predicted octanol–water partition coefficient (Wildman–Crippen LogP) is 2.90. The summed E-state index contributed by atoms with van der Waals surface area (Å²) in [5.41, 5.74) is 8.03. The quantitative estimate of drug-likeness (QED) is 0.745. The Bertz CT molecular complexity index is 388. The summed E-state index contributed by atoms with van der Waals surface area (Å²) in [7, 11) is 0. The van der Waals surface area contributed by atoms with Crippen LogP contribution in [-0.2, 0) is 17.8 Å². The summed E-state index contributed by atoms with van der Waals surface area (Å²) < 4.78 is 11.6. The minimum Gasteiger partial charge on any atom is -0.493 e. The number of nitrogens with two attached hydrogens (primary N) is 1. The van der Waals surface area contributed by atoms with E-state index in [9.17, 15) is 0 Å². The third-order valence-electron chi connectivity index (χ3n) is 3.33. The lowest BCUT2D eigenvalue weighted by molar-refractivity contribution is 0.109. The smallest absolute Gasteiger partial charge is 0.124 e. The minimum atomic E-state index is 0.647. The van der Waals surface area contributed by atoms with Gasteiger partial charge in [-0.25, -0.2) is 0 Å². The van der Waals surface area contributed by atoms with Crippen molar-refractivity contribution in [3.63, 3.8) is 0 Å². The van der Waals surface area contributed by atoms with Gasteiger partial charge in [0.05, 0.1) is 13.2 Å². The van der Waals surface area contributed by atoms with Crippen LogP contribution in [0.5, 0.6) is 5.75 Å². The average Bonchev–Trinajstić information content (AvgIpc) is 3.22. The molecule has 0 saturated heterocycles. The third kappa shape index (κ3) is 4.84. The van der Waals surface area contributed by atoms with Crippen molar-refractivity contribution in [1.82, 2.24) is 0 Å². The molecule has 2 N–H and O–H groups in total. The van der Waals surface area contributed by atoms with E-state index in [1.54, 1.807) is 0 Å². The molecule has 0 spiro atoms. The number of ether oxygens (including phenoxy) is 2. The topological polar surface area (TPSA) is 44.5 Å². The van der Waals surface area contributed by atoms with Gasteiger partial charge in [0.25, 0.3) is 0 Å². The summed E-state index contributed by atoms with van der Waals surface area (Å²) in [5, 5.41) is 0. The molecule has 0 atom stereocenters. The lowest BCUT2D eigenvalue weighted by atomic mass is 10.1. The Morgan fingerprint density at radius 1 is 1.32 bits per heavy atom. The SMILES string of the molecule is CCCOc1ccc(CCN)cc1COCC1CC1. The summed E-state index contributed by atoms with van der Waals surface area (Å²) in [5.74, 6) is 1.76. The first kappa shape index (κ1) is 14.4. The van der Waals surface area contributed by atoms with Crippen molar-refractivity contribution in [3.05, 3.63) is 29.3 Å². The Morgan fingerprint density at radius 2 is 2.16 bits per heavy atom. The molecule has 1 saturated carbocycles. The van der Waals surface area contributed by atoms with Gasteiger partial charge in [-0.05, 0) is 55.8 Å². The van der Waals surface area contributed by atoms with Crippen LogP contribution in [0.25, 0.3) is 0 Å². The van der Waals surface area contributed by atoms with Crippen LogP contribution in [-0.4, -0.2) is 19.8 Å². The molecule has 0 aromatic heterocycles. The van der Waals surface area contributed by atoms with Crippen molar-refractivity contribution in [1.29, 1.82) is 0 Å². The average molecular weight is 263 g/mol. The second-order valence-corrected chi connectivity index (χ2v) is 5.29. The fourth-order valence-corrected chi connectivity index (χ4v) is 2.04. The van der Waals surface area contributed by atoms with E-state index >= 15 is 0 Å². The maximum Gasteiger partial charge on any atom is 0.124 e. The molecule has 1 fully saturated rings. The zero-order valence-electron chi connectivity index (χ0n) is 11.9. The molecule has 1 aliphatic carbocycles. The summed E-state index contributed by atoms with van der Waals surface area (Å²) in [6.45, 7) is 5.08. The highest BCUT2D eigenvalue weighted by Gasteiger charge is 2.21. The Morgan fingerprint density at radius 3 is 2.84 bits per heavy atom. The molecule has 0 amide bonds. The molecule has 2 rings (SSSR count). The predicted molar refractivity (Wildman–Crippen MR) is 77.4 cm³/mol. The van der Waals surface area contributed by atoms with Crippen LogP contribution in [0, 0.1) is 5.92 Å². The van der Waals surface area contributed by atoms with E-state index in [1.807, 2.05) is 0 Å². The van der Waals surface area contributed by atoms with Gasteiger partial charge in [-0.2, -0.15) is 0 Å². The number of benzene rings is 1. The Labute approximate surface area is 116 Å². The molecule has 3 nitrogen and oxygen atoms in total. The van der Waals surface area contributed by atoms with E-state index in [2.05, 4.69) is 25.1 Å². The summed E-state index contributed by atoms with van der Waals surface area (Å²) in [6.07, 6.45) is 4.58. The Hall–Kier alpha value is -1.06. The fourth-order valence-electron chi connectivity index (χ4n) is 2.04. The Balaban J connectivity index is 1.97. The molecule has 106 valence electrons. The highest BCUT2D eigenvalue weighted by Crippen LogP contribution is 2.30. The molecule has 0 unspecified atom stereocenters. The molecule has 0 radical (unpaired) electrons. The molecule has 3 heteroatoms. The normalized spacial score (nSPS) is 14.6. The second-order valence-electron chi connectivity index (χ2n) is 5.29.